The van der Waals surface area contributed by atoms with Gasteiger partial charge < -0.3 is 10.6 Å². The molecular formula is C12H18FN3O2S. The second-order valence-electron chi connectivity index (χ2n) is 4.74. The number of hydrogen-bond donors (Lipinski definition) is 1. The minimum Gasteiger partial charge on any atom is -0.398 e. The molecule has 1 aromatic carbocycles. The van der Waals surface area contributed by atoms with Crippen molar-refractivity contribution in [1.29, 1.82) is 0 Å². The van der Waals surface area contributed by atoms with Gasteiger partial charge in [0, 0.05) is 19.6 Å². The highest BCUT2D eigenvalue weighted by Crippen LogP contribution is 2.23. The van der Waals surface area contributed by atoms with Crippen LogP contribution in [0.3, 0.4) is 0 Å². The third-order valence-corrected chi connectivity index (χ3v) is 5.24. The number of hydrogen-bond acceptors (Lipinski definition) is 4. The van der Waals surface area contributed by atoms with Crippen molar-refractivity contribution in [3.63, 3.8) is 0 Å². The molecule has 2 N–H and O–H groups in total. The molecule has 0 unspecified atom stereocenters. The fourth-order valence-corrected chi connectivity index (χ4v) is 3.72. The molecule has 0 spiro atoms. The molecule has 0 amide bonds. The Morgan fingerprint density at radius 2 is 1.95 bits per heavy atom. The van der Waals surface area contributed by atoms with Crippen molar-refractivity contribution in [2.75, 3.05) is 39.0 Å². The summed E-state index contributed by atoms with van der Waals surface area (Å²) in [6.07, 6.45) is 0.775. The van der Waals surface area contributed by atoms with Crippen LogP contribution in [0.1, 0.15) is 6.42 Å². The average Bonchev–Trinajstić information content (AvgIpc) is 2.53. The third-order valence-electron chi connectivity index (χ3n) is 3.27. The van der Waals surface area contributed by atoms with E-state index in [9.17, 15) is 12.8 Å². The maximum Gasteiger partial charge on any atom is 0.245 e. The molecule has 1 aliphatic rings. The first-order chi connectivity index (χ1) is 8.91. The number of nitrogens with two attached hydrogens (primary N) is 1. The Morgan fingerprint density at radius 3 is 2.63 bits per heavy atom. The van der Waals surface area contributed by atoms with Gasteiger partial charge in [-0.1, -0.05) is 0 Å². The van der Waals surface area contributed by atoms with E-state index in [4.69, 9.17) is 5.73 Å². The van der Waals surface area contributed by atoms with Crippen molar-refractivity contribution in [3.05, 3.63) is 24.0 Å². The molecule has 0 aliphatic carbocycles. The Labute approximate surface area is 112 Å². The Kier molecular flexibility index (Phi) is 4.07. The smallest absolute Gasteiger partial charge is 0.245 e. The summed E-state index contributed by atoms with van der Waals surface area (Å²) in [5.41, 5.74) is 5.58. The van der Waals surface area contributed by atoms with Gasteiger partial charge in [-0.3, -0.25) is 0 Å². The summed E-state index contributed by atoms with van der Waals surface area (Å²) in [6.45, 7) is 2.43. The van der Waals surface area contributed by atoms with Gasteiger partial charge in [0.2, 0.25) is 10.0 Å². The predicted octanol–water partition coefficient (Wildman–Crippen LogP) is 0.734. The summed E-state index contributed by atoms with van der Waals surface area (Å²) >= 11 is 0. The Balaban J connectivity index is 2.31. The molecule has 2 rings (SSSR count). The zero-order chi connectivity index (χ0) is 14.0. The van der Waals surface area contributed by atoms with Crippen LogP contribution in [0.5, 0.6) is 0 Å². The van der Waals surface area contributed by atoms with E-state index >= 15 is 0 Å². The van der Waals surface area contributed by atoms with E-state index in [1.807, 2.05) is 7.05 Å². The lowest BCUT2D eigenvalue weighted by molar-refractivity contribution is 0.347. The van der Waals surface area contributed by atoms with Crippen LogP contribution in [-0.2, 0) is 10.0 Å². The van der Waals surface area contributed by atoms with Gasteiger partial charge in [0.1, 0.15) is 10.7 Å². The first kappa shape index (κ1) is 14.2. The molecule has 1 aliphatic heterocycles. The lowest BCUT2D eigenvalue weighted by atomic mass is 10.3. The molecule has 0 bridgehead atoms. The molecule has 1 heterocycles. The monoisotopic (exact) mass is 287 g/mol. The van der Waals surface area contributed by atoms with E-state index in [2.05, 4.69) is 4.90 Å². The largest absolute Gasteiger partial charge is 0.398 e. The highest BCUT2D eigenvalue weighted by atomic mass is 32.2. The number of sulfonamides is 1. The number of halogens is 1. The molecule has 7 heteroatoms. The van der Waals surface area contributed by atoms with Crippen LogP contribution in [0.4, 0.5) is 10.1 Å². The summed E-state index contributed by atoms with van der Waals surface area (Å²) in [5, 5.41) is 0. The van der Waals surface area contributed by atoms with Gasteiger partial charge in [-0.15, -0.1) is 0 Å². The molecule has 0 atom stereocenters. The van der Waals surface area contributed by atoms with Crippen molar-refractivity contribution in [3.8, 4) is 0 Å². The number of nitrogens with zero attached hydrogens (tertiary/aromatic N) is 2. The standard InChI is InChI=1S/C12H18FN3O2S/c1-15-5-2-6-16(8-7-15)19(17,18)12-4-3-10(13)9-11(12)14/h3-4,9H,2,5-8,14H2,1H3. The van der Waals surface area contributed by atoms with Gasteiger partial charge in [0.15, 0.2) is 0 Å². The van der Waals surface area contributed by atoms with E-state index in [0.717, 1.165) is 25.1 Å². The molecule has 0 saturated carbocycles. The fraction of sp³-hybridized carbons (Fsp3) is 0.500. The topological polar surface area (TPSA) is 66.6 Å². The quantitative estimate of drug-likeness (QED) is 0.815. The maximum absolute atomic E-state index is 13.0. The summed E-state index contributed by atoms with van der Waals surface area (Å²) in [7, 11) is -1.68. The Morgan fingerprint density at radius 1 is 1.21 bits per heavy atom. The number of anilines is 1. The van der Waals surface area contributed by atoms with Crippen LogP contribution < -0.4 is 5.73 Å². The molecule has 19 heavy (non-hydrogen) atoms. The zero-order valence-corrected chi connectivity index (χ0v) is 11.7. The highest BCUT2D eigenvalue weighted by molar-refractivity contribution is 7.89. The SMILES string of the molecule is CN1CCCN(S(=O)(=O)c2ccc(F)cc2N)CC1. The molecule has 0 radical (unpaired) electrons. The highest BCUT2D eigenvalue weighted by Gasteiger charge is 2.27. The lowest BCUT2D eigenvalue weighted by Gasteiger charge is -2.21. The van der Waals surface area contributed by atoms with Gasteiger partial charge >= 0.3 is 0 Å². The fourth-order valence-electron chi connectivity index (χ4n) is 2.16. The number of benzene rings is 1. The van der Waals surface area contributed by atoms with Gasteiger partial charge in [-0.2, -0.15) is 4.31 Å². The van der Waals surface area contributed by atoms with Crippen LogP contribution in [0.25, 0.3) is 0 Å². The molecular weight excluding hydrogens is 269 g/mol. The average molecular weight is 287 g/mol. The van der Waals surface area contributed by atoms with Gasteiger partial charge in [-0.05, 0) is 38.2 Å². The molecule has 1 aromatic rings. The van der Waals surface area contributed by atoms with Crippen molar-refractivity contribution in [2.24, 2.45) is 0 Å². The molecule has 106 valence electrons. The molecule has 0 aromatic heterocycles. The minimum atomic E-state index is -3.64. The Bertz CT molecular complexity index is 562. The normalized spacial score (nSPS) is 19.3. The van der Waals surface area contributed by atoms with Crippen LogP contribution in [0.15, 0.2) is 23.1 Å². The third kappa shape index (κ3) is 3.05. The summed E-state index contributed by atoms with van der Waals surface area (Å²) in [4.78, 5) is 2.07. The summed E-state index contributed by atoms with van der Waals surface area (Å²) in [5.74, 6) is -0.535. The van der Waals surface area contributed by atoms with E-state index < -0.39 is 15.8 Å². The number of rotatable bonds is 2. The van der Waals surface area contributed by atoms with Crippen molar-refractivity contribution < 1.29 is 12.8 Å². The first-order valence-corrected chi connectivity index (χ1v) is 7.59. The van der Waals surface area contributed by atoms with Gasteiger partial charge in [0.05, 0.1) is 5.69 Å². The van der Waals surface area contributed by atoms with E-state index in [0.29, 0.717) is 19.6 Å². The van der Waals surface area contributed by atoms with Crippen LogP contribution in [-0.4, -0.2) is 50.8 Å². The van der Waals surface area contributed by atoms with E-state index in [-0.39, 0.29) is 10.6 Å². The second-order valence-corrected chi connectivity index (χ2v) is 6.65. The Hall–Kier alpha value is -1.18. The summed E-state index contributed by atoms with van der Waals surface area (Å²) in [6, 6.07) is 3.39. The zero-order valence-electron chi connectivity index (χ0n) is 10.8. The summed E-state index contributed by atoms with van der Waals surface area (Å²) < 4.78 is 39.4. The van der Waals surface area contributed by atoms with E-state index in [1.165, 1.54) is 10.4 Å². The number of likely N-dealkylation sites (N-methyl/N-ethyl adjacent to an activating group) is 1. The lowest BCUT2D eigenvalue weighted by Crippen LogP contribution is -2.34. The first-order valence-electron chi connectivity index (χ1n) is 6.15. The van der Waals surface area contributed by atoms with E-state index in [1.54, 1.807) is 0 Å². The maximum atomic E-state index is 13.0. The van der Waals surface area contributed by atoms with Gasteiger partial charge in [0.25, 0.3) is 0 Å². The molecule has 1 fully saturated rings. The van der Waals surface area contributed by atoms with Crippen molar-refractivity contribution in [2.45, 2.75) is 11.3 Å². The number of nitrogen functional groups attached to an aromatic ring is 1. The van der Waals surface area contributed by atoms with Crippen molar-refractivity contribution >= 4 is 15.7 Å². The van der Waals surface area contributed by atoms with Gasteiger partial charge in [-0.25, -0.2) is 12.8 Å². The molecule has 1 saturated heterocycles. The van der Waals surface area contributed by atoms with Crippen molar-refractivity contribution in [1.82, 2.24) is 9.21 Å². The van der Waals surface area contributed by atoms with Crippen LogP contribution in [0.2, 0.25) is 0 Å². The second kappa shape index (κ2) is 5.44. The predicted molar refractivity (Wildman–Crippen MR) is 71.7 cm³/mol. The van der Waals surface area contributed by atoms with Crippen LogP contribution in [0, 0.1) is 5.82 Å². The molecule has 5 nitrogen and oxygen atoms in total. The van der Waals surface area contributed by atoms with Crippen LogP contribution >= 0.6 is 0 Å². The minimum absolute atomic E-state index is 0.0153.